The lowest BCUT2D eigenvalue weighted by Gasteiger charge is -2.12. The second-order valence-electron chi connectivity index (χ2n) is 1.94. The van der Waals surface area contributed by atoms with Gasteiger partial charge in [-0.05, 0) is 4.53 Å². The maximum atomic E-state index is 10.9. The van der Waals surface area contributed by atoms with Crippen molar-refractivity contribution in [3.63, 3.8) is 0 Å². The van der Waals surface area contributed by atoms with Crippen LogP contribution in [0.4, 0.5) is 52.8 Å². The molecule has 18 heavy (non-hydrogen) atoms. The molecule has 0 saturated carbocycles. The fraction of sp³-hybridized carbons (Fsp3) is 1.00. The van der Waals surface area contributed by atoms with Gasteiger partial charge in [0.05, 0.1) is 0 Å². The molecule has 0 rings (SSSR count). The summed E-state index contributed by atoms with van der Waals surface area (Å²) in [4.78, 5) is 1.34. The summed E-state index contributed by atoms with van der Waals surface area (Å²) in [5.74, 6) is 0. The van der Waals surface area contributed by atoms with Crippen molar-refractivity contribution in [2.24, 2.45) is 0 Å². The highest BCUT2D eigenvalue weighted by atomic mass is 19.4. The van der Waals surface area contributed by atoms with Crippen LogP contribution in [0.25, 0.3) is 0 Å². The first kappa shape index (κ1) is 22.3. The van der Waals surface area contributed by atoms with Crippen molar-refractivity contribution in [1.82, 2.24) is 0 Å². The third kappa shape index (κ3) is 15.1. The van der Waals surface area contributed by atoms with E-state index in [1.807, 2.05) is 0 Å². The van der Waals surface area contributed by atoms with Gasteiger partial charge in [0, 0.05) is 0 Å². The van der Waals surface area contributed by atoms with Crippen molar-refractivity contribution in [2.45, 2.75) is 18.5 Å². The maximum Gasteiger partial charge on any atom is 0.485 e. The molecular weight excluding hydrogens is 304 g/mol. The monoisotopic (exact) mass is 308 g/mol. The summed E-state index contributed by atoms with van der Waals surface area (Å²) in [5, 5.41) is 0. The largest absolute Gasteiger partial charge is 0.485 e. The minimum absolute atomic E-state index is 1.34. The van der Waals surface area contributed by atoms with Crippen LogP contribution in [0.1, 0.15) is 0 Å². The van der Waals surface area contributed by atoms with E-state index in [9.17, 15) is 52.8 Å². The second kappa shape index (κ2) is 9.10. The first-order chi connectivity index (χ1) is 7.79. The zero-order valence-electron chi connectivity index (χ0n) is 7.86. The number of rotatable bonds is 1. The highest BCUT2D eigenvalue weighted by molar-refractivity contribution is 4.60. The van der Waals surface area contributed by atoms with Gasteiger partial charge in [0.15, 0.2) is 6.67 Å². The molecule has 0 aromatic heterocycles. The molecule has 13 heteroatoms. The normalized spacial score (nSPS) is 12.0. The molecule has 0 saturated heterocycles. The molecule has 0 fully saturated rings. The quantitative estimate of drug-likeness (QED) is 0.651. The van der Waals surface area contributed by atoms with Crippen LogP contribution in [-0.2, 0) is 4.94 Å². The summed E-state index contributed by atoms with van der Waals surface area (Å²) in [6, 6.07) is 0. The van der Waals surface area contributed by atoms with Gasteiger partial charge < -0.3 is 0 Å². The molecular formula is C5H4F12O. The van der Waals surface area contributed by atoms with Crippen molar-refractivity contribution < 1.29 is 57.8 Å². The molecule has 0 aliphatic rings. The molecule has 0 bridgehead atoms. The Labute approximate surface area is 91.2 Å². The molecule has 0 aromatic carbocycles. The van der Waals surface area contributed by atoms with E-state index >= 15 is 0 Å². The minimum Gasteiger partial charge on any atom is -0.241 e. The maximum absolute atomic E-state index is 10.9. The van der Waals surface area contributed by atoms with Crippen LogP contribution in [0.2, 0.25) is 0 Å². The van der Waals surface area contributed by atoms with Crippen LogP contribution in [-0.4, -0.2) is 32.1 Å². The van der Waals surface area contributed by atoms with E-state index < -0.39 is 32.1 Å². The molecule has 0 N–H and O–H groups in total. The number of hydrogen-bond acceptors (Lipinski definition) is 1. The minimum atomic E-state index is -5.98. The fourth-order valence-corrected chi connectivity index (χ4v) is 0.0437. The summed E-state index contributed by atoms with van der Waals surface area (Å²) in [7, 11) is 0. The summed E-state index contributed by atoms with van der Waals surface area (Å²) in [6.07, 6.45) is -16.3. The van der Waals surface area contributed by atoms with E-state index in [2.05, 4.69) is 0 Å². The number of hydrogen-bond donors (Lipinski definition) is 0. The standard InChI is InChI=1S/C2F6O.C2H2F4.CH2F2/c3-1(4,5)2(6,7)9-8;3-1-2(4,5)6;2-1-3/h;1H2;1H2. The lowest BCUT2D eigenvalue weighted by Crippen LogP contribution is -2.36. The molecule has 0 atom stereocenters. The predicted molar refractivity (Wildman–Crippen MR) is 32.3 cm³/mol. The predicted octanol–water partition coefficient (Wildman–Crippen LogP) is 4.44. The van der Waals surface area contributed by atoms with Crippen LogP contribution in [0.15, 0.2) is 0 Å². The van der Waals surface area contributed by atoms with Gasteiger partial charge in [-0.3, -0.25) is 0 Å². The van der Waals surface area contributed by atoms with E-state index in [1.54, 1.807) is 0 Å². The lowest BCUT2D eigenvalue weighted by molar-refractivity contribution is -0.453. The average Bonchev–Trinajstić information content (AvgIpc) is 2.17. The highest BCUT2D eigenvalue weighted by Gasteiger charge is 2.61. The molecule has 114 valence electrons. The molecule has 0 radical (unpaired) electrons. The number of halogens is 12. The van der Waals surface area contributed by atoms with Gasteiger partial charge in [-0.15, -0.1) is 4.94 Å². The fourth-order valence-electron chi connectivity index (χ4n) is 0.0437. The van der Waals surface area contributed by atoms with E-state index in [0.717, 1.165) is 0 Å². The van der Waals surface area contributed by atoms with Crippen molar-refractivity contribution in [3.8, 4) is 0 Å². The van der Waals surface area contributed by atoms with Gasteiger partial charge in [0.1, 0.15) is 0 Å². The first-order valence-electron chi connectivity index (χ1n) is 3.28. The zero-order valence-corrected chi connectivity index (χ0v) is 7.86. The van der Waals surface area contributed by atoms with E-state index in [1.165, 1.54) is 4.94 Å². The van der Waals surface area contributed by atoms with Gasteiger partial charge in [0.2, 0.25) is 6.93 Å². The van der Waals surface area contributed by atoms with Crippen LogP contribution < -0.4 is 0 Å². The van der Waals surface area contributed by atoms with Gasteiger partial charge in [-0.2, -0.15) is 35.1 Å². The molecule has 0 spiro atoms. The summed E-state index contributed by atoms with van der Waals surface area (Å²) >= 11 is 0. The van der Waals surface area contributed by atoms with E-state index in [-0.39, 0.29) is 0 Å². The Kier molecular flexibility index (Phi) is 11.3. The molecule has 0 heterocycles. The van der Waals surface area contributed by atoms with Crippen molar-refractivity contribution in [3.05, 3.63) is 0 Å². The van der Waals surface area contributed by atoms with Crippen LogP contribution >= 0.6 is 0 Å². The Hall–Kier alpha value is -0.880. The number of alkyl halides is 11. The molecule has 0 aliphatic carbocycles. The van der Waals surface area contributed by atoms with Crippen LogP contribution in [0, 0.1) is 0 Å². The topological polar surface area (TPSA) is 9.23 Å². The Morgan fingerprint density at radius 1 is 0.722 bits per heavy atom. The lowest BCUT2D eigenvalue weighted by atomic mass is 10.6. The van der Waals surface area contributed by atoms with Gasteiger partial charge >= 0.3 is 18.5 Å². The van der Waals surface area contributed by atoms with Gasteiger partial charge in [-0.25, -0.2) is 13.2 Å². The first-order valence-corrected chi connectivity index (χ1v) is 3.28. The smallest absolute Gasteiger partial charge is 0.241 e. The SMILES string of the molecule is FCC(F)(F)F.FCF.FOC(F)(F)C(F)(F)F. The van der Waals surface area contributed by atoms with Crippen LogP contribution in [0.3, 0.4) is 0 Å². The van der Waals surface area contributed by atoms with Gasteiger partial charge in [0.25, 0.3) is 0 Å². The summed E-state index contributed by atoms with van der Waals surface area (Å²) in [5.41, 5.74) is 0. The molecule has 0 amide bonds. The summed E-state index contributed by atoms with van der Waals surface area (Å²) in [6.45, 7) is -3.98. The molecule has 0 aliphatic heterocycles. The third-order valence-corrected chi connectivity index (χ3v) is 0.578. The van der Waals surface area contributed by atoms with Crippen molar-refractivity contribution in [1.29, 1.82) is 0 Å². The Bertz CT molecular complexity index is 182. The Morgan fingerprint density at radius 3 is 0.944 bits per heavy atom. The zero-order chi connectivity index (χ0) is 15.6. The third-order valence-electron chi connectivity index (χ3n) is 0.578. The highest BCUT2D eigenvalue weighted by Crippen LogP contribution is 2.36. The van der Waals surface area contributed by atoms with E-state index in [4.69, 9.17) is 0 Å². The van der Waals surface area contributed by atoms with Crippen molar-refractivity contribution in [2.75, 3.05) is 13.6 Å². The van der Waals surface area contributed by atoms with E-state index in [0.29, 0.717) is 0 Å². The Balaban J connectivity index is -0.000000216. The molecule has 1 nitrogen and oxygen atoms in total. The summed E-state index contributed by atoms with van der Waals surface area (Å²) < 4.78 is 125. The second-order valence-corrected chi connectivity index (χ2v) is 1.94. The average molecular weight is 308 g/mol. The van der Waals surface area contributed by atoms with Gasteiger partial charge in [-0.1, -0.05) is 0 Å². The Morgan fingerprint density at radius 2 is 0.944 bits per heavy atom. The molecule has 0 aromatic rings. The van der Waals surface area contributed by atoms with Crippen LogP contribution in [0.5, 0.6) is 0 Å². The van der Waals surface area contributed by atoms with Crippen molar-refractivity contribution >= 4 is 0 Å². The molecule has 0 unspecified atom stereocenters.